The van der Waals surface area contributed by atoms with E-state index in [1.165, 1.54) is 19.3 Å². The summed E-state index contributed by atoms with van der Waals surface area (Å²) in [7, 11) is 0. The highest BCUT2D eigenvalue weighted by molar-refractivity contribution is 5.80. The summed E-state index contributed by atoms with van der Waals surface area (Å²) in [5.74, 6) is 0.567. The number of nitrogens with one attached hydrogen (secondary N) is 1. The maximum absolute atomic E-state index is 11.2. The largest absolute Gasteiger partial charge is 0.354 e. The summed E-state index contributed by atoms with van der Waals surface area (Å²) in [6, 6.07) is -0.390. The van der Waals surface area contributed by atoms with Gasteiger partial charge in [-0.3, -0.25) is 4.79 Å². The molecule has 0 fully saturated rings. The predicted octanol–water partition coefficient (Wildman–Crippen LogP) is 1.67. The van der Waals surface area contributed by atoms with E-state index >= 15 is 0 Å². The quantitative estimate of drug-likeness (QED) is 0.657. The molecule has 0 saturated carbocycles. The highest BCUT2D eigenvalue weighted by Crippen LogP contribution is 2.10. The zero-order valence-electron chi connectivity index (χ0n) is 9.68. The van der Waals surface area contributed by atoms with Gasteiger partial charge in [-0.05, 0) is 19.3 Å². The molecule has 3 nitrogen and oxygen atoms in total. The molecule has 3 N–H and O–H groups in total. The van der Waals surface area contributed by atoms with E-state index in [0.717, 1.165) is 13.0 Å². The van der Waals surface area contributed by atoms with Gasteiger partial charge < -0.3 is 11.1 Å². The smallest absolute Gasteiger partial charge is 0.236 e. The average molecular weight is 200 g/mol. The Labute approximate surface area is 87.4 Å². The first-order valence-electron chi connectivity index (χ1n) is 5.65. The summed E-state index contributed by atoms with van der Waals surface area (Å²) in [6.07, 6.45) is 4.79. The predicted molar refractivity (Wildman–Crippen MR) is 60.0 cm³/mol. The Morgan fingerprint density at radius 1 is 1.43 bits per heavy atom. The highest BCUT2D eigenvalue weighted by atomic mass is 16.2. The molecule has 0 rings (SSSR count). The van der Waals surface area contributed by atoms with Crippen LogP contribution in [0, 0.1) is 5.92 Å². The van der Waals surface area contributed by atoms with Crippen molar-refractivity contribution in [3.8, 4) is 0 Å². The van der Waals surface area contributed by atoms with Crippen LogP contribution < -0.4 is 11.1 Å². The van der Waals surface area contributed by atoms with Crippen LogP contribution in [0.1, 0.15) is 46.5 Å². The first-order chi connectivity index (χ1) is 6.61. The molecule has 0 heterocycles. The van der Waals surface area contributed by atoms with Gasteiger partial charge in [-0.1, -0.05) is 33.1 Å². The first kappa shape index (κ1) is 13.4. The van der Waals surface area contributed by atoms with Crippen molar-refractivity contribution in [1.29, 1.82) is 0 Å². The Kier molecular flexibility index (Phi) is 7.48. The van der Waals surface area contributed by atoms with Crippen LogP contribution in [0.2, 0.25) is 0 Å². The van der Waals surface area contributed by atoms with Crippen LogP contribution in [0.5, 0.6) is 0 Å². The van der Waals surface area contributed by atoms with Crippen molar-refractivity contribution in [3.63, 3.8) is 0 Å². The SMILES string of the molecule is CCCCC(CC)CNC(=O)[C@H](C)N. The van der Waals surface area contributed by atoms with Crippen molar-refractivity contribution in [2.45, 2.75) is 52.5 Å². The molecule has 0 aliphatic heterocycles. The topological polar surface area (TPSA) is 55.1 Å². The second-order valence-electron chi connectivity index (χ2n) is 3.95. The molecule has 0 aromatic heterocycles. The Balaban J connectivity index is 3.66. The number of nitrogens with two attached hydrogens (primary N) is 1. The van der Waals surface area contributed by atoms with Crippen molar-refractivity contribution in [2.75, 3.05) is 6.54 Å². The molecule has 0 aliphatic carbocycles. The minimum atomic E-state index is -0.390. The molecule has 84 valence electrons. The van der Waals surface area contributed by atoms with E-state index in [2.05, 4.69) is 19.2 Å². The monoisotopic (exact) mass is 200 g/mol. The maximum Gasteiger partial charge on any atom is 0.236 e. The first-order valence-corrected chi connectivity index (χ1v) is 5.65. The molecular weight excluding hydrogens is 176 g/mol. The van der Waals surface area contributed by atoms with Gasteiger partial charge in [0, 0.05) is 6.54 Å². The fourth-order valence-corrected chi connectivity index (χ4v) is 1.35. The standard InChI is InChI=1S/C11H24N2O/c1-4-6-7-10(5-2)8-13-11(14)9(3)12/h9-10H,4-8,12H2,1-3H3,(H,13,14)/t9-,10?/m0/s1. The number of unbranched alkanes of at least 4 members (excludes halogenated alkanes) is 1. The van der Waals surface area contributed by atoms with E-state index in [1.54, 1.807) is 6.92 Å². The Morgan fingerprint density at radius 3 is 2.50 bits per heavy atom. The van der Waals surface area contributed by atoms with Crippen molar-refractivity contribution in [3.05, 3.63) is 0 Å². The van der Waals surface area contributed by atoms with Crippen LogP contribution in [-0.2, 0) is 4.79 Å². The van der Waals surface area contributed by atoms with Crippen LogP contribution in [0.25, 0.3) is 0 Å². The van der Waals surface area contributed by atoms with E-state index < -0.39 is 6.04 Å². The van der Waals surface area contributed by atoms with Gasteiger partial charge in [-0.2, -0.15) is 0 Å². The fourth-order valence-electron chi connectivity index (χ4n) is 1.35. The molecule has 0 aromatic rings. The highest BCUT2D eigenvalue weighted by Gasteiger charge is 2.10. The lowest BCUT2D eigenvalue weighted by Gasteiger charge is -2.16. The van der Waals surface area contributed by atoms with Gasteiger partial charge in [-0.15, -0.1) is 0 Å². The normalized spacial score (nSPS) is 14.9. The Bertz CT molecular complexity index is 157. The molecule has 3 heteroatoms. The van der Waals surface area contributed by atoms with Gasteiger partial charge >= 0.3 is 0 Å². The minimum Gasteiger partial charge on any atom is -0.354 e. The molecule has 14 heavy (non-hydrogen) atoms. The van der Waals surface area contributed by atoms with Crippen molar-refractivity contribution in [2.24, 2.45) is 11.7 Å². The van der Waals surface area contributed by atoms with Crippen LogP contribution >= 0.6 is 0 Å². The number of carbonyl (C=O) groups excluding carboxylic acids is 1. The summed E-state index contributed by atoms with van der Waals surface area (Å²) in [4.78, 5) is 11.2. The lowest BCUT2D eigenvalue weighted by molar-refractivity contribution is -0.122. The van der Waals surface area contributed by atoms with Crippen LogP contribution in [0.3, 0.4) is 0 Å². The number of amides is 1. The van der Waals surface area contributed by atoms with Crippen molar-refractivity contribution >= 4 is 5.91 Å². The lowest BCUT2D eigenvalue weighted by atomic mass is 9.99. The van der Waals surface area contributed by atoms with E-state index in [4.69, 9.17) is 5.73 Å². The molecule has 0 radical (unpaired) electrons. The second-order valence-corrected chi connectivity index (χ2v) is 3.95. The number of hydrogen-bond donors (Lipinski definition) is 2. The average Bonchev–Trinajstić information content (AvgIpc) is 2.17. The van der Waals surface area contributed by atoms with Gasteiger partial charge in [0.15, 0.2) is 0 Å². The summed E-state index contributed by atoms with van der Waals surface area (Å²) < 4.78 is 0. The van der Waals surface area contributed by atoms with Gasteiger partial charge in [0.25, 0.3) is 0 Å². The summed E-state index contributed by atoms with van der Waals surface area (Å²) in [5, 5.41) is 2.88. The van der Waals surface area contributed by atoms with E-state index in [1.807, 2.05) is 0 Å². The molecule has 0 aromatic carbocycles. The van der Waals surface area contributed by atoms with E-state index in [9.17, 15) is 4.79 Å². The van der Waals surface area contributed by atoms with Crippen molar-refractivity contribution < 1.29 is 4.79 Å². The van der Waals surface area contributed by atoms with Crippen LogP contribution in [0.15, 0.2) is 0 Å². The third-order valence-corrected chi connectivity index (χ3v) is 2.52. The Hall–Kier alpha value is -0.570. The second kappa shape index (κ2) is 7.80. The zero-order chi connectivity index (χ0) is 11.0. The molecule has 2 atom stereocenters. The fraction of sp³-hybridized carbons (Fsp3) is 0.909. The number of carbonyl (C=O) groups is 1. The number of hydrogen-bond acceptors (Lipinski definition) is 2. The third kappa shape index (κ3) is 5.97. The van der Waals surface area contributed by atoms with Gasteiger partial charge in [0.05, 0.1) is 6.04 Å². The van der Waals surface area contributed by atoms with Crippen LogP contribution in [0.4, 0.5) is 0 Å². The van der Waals surface area contributed by atoms with E-state index in [0.29, 0.717) is 5.92 Å². The van der Waals surface area contributed by atoms with E-state index in [-0.39, 0.29) is 5.91 Å². The Morgan fingerprint density at radius 2 is 2.07 bits per heavy atom. The molecule has 0 spiro atoms. The molecule has 1 amide bonds. The minimum absolute atomic E-state index is 0.0417. The summed E-state index contributed by atoms with van der Waals surface area (Å²) >= 11 is 0. The van der Waals surface area contributed by atoms with Gasteiger partial charge in [0.1, 0.15) is 0 Å². The molecule has 0 bridgehead atoms. The number of rotatable bonds is 7. The maximum atomic E-state index is 11.2. The summed E-state index contributed by atoms with van der Waals surface area (Å²) in [6.45, 7) is 6.84. The zero-order valence-corrected chi connectivity index (χ0v) is 9.68. The molecule has 0 saturated heterocycles. The molecular formula is C11H24N2O. The third-order valence-electron chi connectivity index (χ3n) is 2.52. The van der Waals surface area contributed by atoms with Crippen molar-refractivity contribution in [1.82, 2.24) is 5.32 Å². The lowest BCUT2D eigenvalue weighted by Crippen LogP contribution is -2.40. The molecule has 0 aliphatic rings. The molecule has 1 unspecified atom stereocenters. The summed E-state index contributed by atoms with van der Waals surface area (Å²) in [5.41, 5.74) is 5.45. The van der Waals surface area contributed by atoms with Gasteiger partial charge in [-0.25, -0.2) is 0 Å². The van der Waals surface area contributed by atoms with Crippen LogP contribution in [-0.4, -0.2) is 18.5 Å². The van der Waals surface area contributed by atoms with Gasteiger partial charge in [0.2, 0.25) is 5.91 Å².